The minimum atomic E-state index is 0.545. The fourth-order valence-electron chi connectivity index (χ4n) is 2.88. The van der Waals surface area contributed by atoms with E-state index in [1.807, 2.05) is 0 Å². The molecule has 1 aliphatic heterocycles. The zero-order chi connectivity index (χ0) is 8.28. The number of fused-ring (bicyclic) bond motifs is 1. The van der Waals surface area contributed by atoms with Gasteiger partial charge in [-0.1, -0.05) is 27.7 Å². The zero-order valence-corrected chi connectivity index (χ0v) is 8.07. The standard InChI is InChI=1S/C10H19N/c1-7(2)10-6-9(3,4)5-8(10)11-10/h7-8,11H,5-6H2,1-4H3. The smallest absolute Gasteiger partial charge is 0.0366 e. The van der Waals surface area contributed by atoms with Gasteiger partial charge < -0.3 is 5.32 Å². The molecule has 1 N–H and O–H groups in total. The molecule has 0 spiro atoms. The Morgan fingerprint density at radius 3 is 2.27 bits per heavy atom. The van der Waals surface area contributed by atoms with Crippen LogP contribution in [0.3, 0.4) is 0 Å². The van der Waals surface area contributed by atoms with E-state index in [1.54, 1.807) is 0 Å². The maximum atomic E-state index is 3.64. The Morgan fingerprint density at radius 2 is 2.00 bits per heavy atom. The van der Waals surface area contributed by atoms with Crippen molar-refractivity contribution in [3.05, 3.63) is 0 Å². The van der Waals surface area contributed by atoms with E-state index in [9.17, 15) is 0 Å². The van der Waals surface area contributed by atoms with Crippen molar-refractivity contribution in [3.63, 3.8) is 0 Å². The highest BCUT2D eigenvalue weighted by Crippen LogP contribution is 2.55. The van der Waals surface area contributed by atoms with Gasteiger partial charge in [-0.05, 0) is 24.2 Å². The fourth-order valence-corrected chi connectivity index (χ4v) is 2.88. The molecule has 1 heteroatoms. The Labute approximate surface area is 69.6 Å². The predicted molar refractivity (Wildman–Crippen MR) is 47.5 cm³/mol. The summed E-state index contributed by atoms with van der Waals surface area (Å²) in [7, 11) is 0. The summed E-state index contributed by atoms with van der Waals surface area (Å²) in [5.41, 5.74) is 1.14. The molecule has 0 aromatic rings. The molecule has 11 heavy (non-hydrogen) atoms. The van der Waals surface area contributed by atoms with Gasteiger partial charge in [-0.2, -0.15) is 0 Å². The van der Waals surface area contributed by atoms with Gasteiger partial charge in [0, 0.05) is 11.6 Å². The van der Waals surface area contributed by atoms with E-state index >= 15 is 0 Å². The van der Waals surface area contributed by atoms with E-state index in [4.69, 9.17) is 0 Å². The van der Waals surface area contributed by atoms with Gasteiger partial charge in [0.15, 0.2) is 0 Å². The highest BCUT2D eigenvalue weighted by molar-refractivity contribution is 5.23. The van der Waals surface area contributed by atoms with Crippen LogP contribution >= 0.6 is 0 Å². The van der Waals surface area contributed by atoms with E-state index in [0.717, 1.165) is 12.0 Å². The summed E-state index contributed by atoms with van der Waals surface area (Å²) in [4.78, 5) is 0. The van der Waals surface area contributed by atoms with Crippen molar-refractivity contribution < 1.29 is 0 Å². The number of hydrogen-bond acceptors (Lipinski definition) is 1. The van der Waals surface area contributed by atoms with Crippen LogP contribution < -0.4 is 5.32 Å². The van der Waals surface area contributed by atoms with Crippen molar-refractivity contribution in [1.29, 1.82) is 0 Å². The van der Waals surface area contributed by atoms with E-state index in [-0.39, 0.29) is 0 Å². The zero-order valence-electron chi connectivity index (χ0n) is 8.07. The van der Waals surface area contributed by atoms with Gasteiger partial charge in [-0.3, -0.25) is 0 Å². The number of hydrogen-bond donors (Lipinski definition) is 1. The van der Waals surface area contributed by atoms with Gasteiger partial charge >= 0.3 is 0 Å². The highest BCUT2D eigenvalue weighted by atomic mass is 15.2. The second-order valence-electron chi connectivity index (χ2n) is 5.44. The van der Waals surface area contributed by atoms with Crippen LogP contribution in [0.5, 0.6) is 0 Å². The molecule has 1 saturated carbocycles. The first-order chi connectivity index (χ1) is 4.96. The molecular weight excluding hydrogens is 134 g/mol. The largest absolute Gasteiger partial charge is 0.305 e. The quantitative estimate of drug-likeness (QED) is 0.573. The van der Waals surface area contributed by atoms with Gasteiger partial charge in [0.25, 0.3) is 0 Å². The molecule has 0 bridgehead atoms. The van der Waals surface area contributed by atoms with Crippen molar-refractivity contribution in [2.75, 3.05) is 0 Å². The second-order valence-corrected chi connectivity index (χ2v) is 5.44. The van der Waals surface area contributed by atoms with Gasteiger partial charge in [0.05, 0.1) is 0 Å². The average Bonchev–Trinajstić information content (AvgIpc) is 2.35. The van der Waals surface area contributed by atoms with Crippen molar-refractivity contribution in [2.45, 2.75) is 52.1 Å². The van der Waals surface area contributed by atoms with Gasteiger partial charge in [-0.15, -0.1) is 0 Å². The molecule has 2 atom stereocenters. The fraction of sp³-hybridized carbons (Fsp3) is 1.00. The van der Waals surface area contributed by atoms with Crippen LogP contribution in [0, 0.1) is 11.3 Å². The molecule has 0 aromatic carbocycles. The normalized spacial score (nSPS) is 46.1. The van der Waals surface area contributed by atoms with Crippen LogP contribution in [0.25, 0.3) is 0 Å². The number of nitrogens with one attached hydrogen (secondary N) is 1. The van der Waals surface area contributed by atoms with Crippen LogP contribution in [0.2, 0.25) is 0 Å². The maximum absolute atomic E-state index is 3.64. The molecule has 0 radical (unpaired) electrons. The number of piperidine rings is 1. The minimum absolute atomic E-state index is 0.545. The van der Waals surface area contributed by atoms with Crippen molar-refractivity contribution in [1.82, 2.24) is 5.32 Å². The molecule has 1 aliphatic carbocycles. The third-order valence-electron chi connectivity index (χ3n) is 3.54. The molecule has 2 unspecified atom stereocenters. The summed E-state index contributed by atoms with van der Waals surface area (Å²) in [6.07, 6.45) is 2.76. The Morgan fingerprint density at radius 1 is 1.36 bits per heavy atom. The summed E-state index contributed by atoms with van der Waals surface area (Å²) in [6.45, 7) is 9.47. The maximum Gasteiger partial charge on any atom is 0.0366 e. The van der Waals surface area contributed by atoms with Crippen molar-refractivity contribution in [3.8, 4) is 0 Å². The first-order valence-corrected chi connectivity index (χ1v) is 4.74. The van der Waals surface area contributed by atoms with Crippen LogP contribution in [0.15, 0.2) is 0 Å². The van der Waals surface area contributed by atoms with E-state index in [1.165, 1.54) is 12.8 Å². The summed E-state index contributed by atoms with van der Waals surface area (Å²) in [5, 5.41) is 3.64. The molecule has 1 nitrogen and oxygen atoms in total. The lowest BCUT2D eigenvalue weighted by Crippen LogP contribution is -2.26. The Kier molecular flexibility index (Phi) is 1.26. The molecule has 1 saturated heterocycles. The van der Waals surface area contributed by atoms with Crippen LogP contribution in [0.1, 0.15) is 40.5 Å². The molecule has 2 aliphatic rings. The Hall–Kier alpha value is -0.0400. The lowest BCUT2D eigenvalue weighted by atomic mass is 9.84. The number of rotatable bonds is 1. The van der Waals surface area contributed by atoms with E-state index < -0.39 is 0 Å². The van der Waals surface area contributed by atoms with E-state index in [0.29, 0.717) is 11.0 Å². The summed E-state index contributed by atoms with van der Waals surface area (Å²) < 4.78 is 0. The summed E-state index contributed by atoms with van der Waals surface area (Å²) >= 11 is 0. The molecule has 2 fully saturated rings. The first-order valence-electron chi connectivity index (χ1n) is 4.74. The molecule has 2 rings (SSSR count). The molecular formula is C10H19N. The van der Waals surface area contributed by atoms with Gasteiger partial charge in [0.2, 0.25) is 0 Å². The summed E-state index contributed by atoms with van der Waals surface area (Å²) in [5.74, 6) is 0.814. The predicted octanol–water partition coefficient (Wildman–Crippen LogP) is 2.17. The van der Waals surface area contributed by atoms with Crippen LogP contribution in [-0.2, 0) is 0 Å². The van der Waals surface area contributed by atoms with Gasteiger partial charge in [0.1, 0.15) is 0 Å². The third-order valence-corrected chi connectivity index (χ3v) is 3.54. The van der Waals surface area contributed by atoms with E-state index in [2.05, 4.69) is 33.0 Å². The Bertz CT molecular complexity index is 183. The Balaban J connectivity index is 2.13. The lowest BCUT2D eigenvalue weighted by molar-refractivity contribution is 0.294. The van der Waals surface area contributed by atoms with Crippen LogP contribution in [0.4, 0.5) is 0 Å². The van der Waals surface area contributed by atoms with Crippen LogP contribution in [-0.4, -0.2) is 11.6 Å². The second kappa shape index (κ2) is 1.82. The SMILES string of the molecule is CC(C)C12CC(C)(C)CC1N2. The highest BCUT2D eigenvalue weighted by Gasteiger charge is 2.63. The molecule has 64 valence electrons. The summed E-state index contributed by atoms with van der Waals surface area (Å²) in [6, 6.07) is 0.845. The minimum Gasteiger partial charge on any atom is -0.305 e. The van der Waals surface area contributed by atoms with Gasteiger partial charge in [-0.25, -0.2) is 0 Å². The topological polar surface area (TPSA) is 21.9 Å². The average molecular weight is 153 g/mol. The molecule has 0 amide bonds. The lowest BCUT2D eigenvalue weighted by Gasteiger charge is -2.24. The molecule has 1 heterocycles. The third kappa shape index (κ3) is 0.936. The molecule has 0 aromatic heterocycles. The first kappa shape index (κ1) is 7.60. The van der Waals surface area contributed by atoms with Crippen molar-refractivity contribution >= 4 is 0 Å². The monoisotopic (exact) mass is 153 g/mol. The van der Waals surface area contributed by atoms with Crippen molar-refractivity contribution in [2.24, 2.45) is 11.3 Å².